The van der Waals surface area contributed by atoms with E-state index in [-0.39, 0.29) is 30.7 Å². The summed E-state index contributed by atoms with van der Waals surface area (Å²) >= 11 is 0. The Kier molecular flexibility index (Phi) is 5.15. The maximum atomic E-state index is 14.2. The Balaban J connectivity index is 1.67. The van der Waals surface area contributed by atoms with Gasteiger partial charge < -0.3 is 20.5 Å². The summed E-state index contributed by atoms with van der Waals surface area (Å²) in [7, 11) is 0. The van der Waals surface area contributed by atoms with Crippen LogP contribution in [0.1, 0.15) is 41.5 Å². The highest BCUT2D eigenvalue weighted by atomic mass is 19.1. The average molecular weight is 360 g/mol. The van der Waals surface area contributed by atoms with Gasteiger partial charge in [-0.2, -0.15) is 0 Å². The predicted molar refractivity (Wildman–Crippen MR) is 91.4 cm³/mol. The molecular weight excluding hydrogens is 339 g/mol. The molecule has 1 aliphatic rings. The number of aromatic nitrogens is 3. The highest BCUT2D eigenvalue weighted by Gasteiger charge is 2.33. The Labute approximate surface area is 150 Å². The van der Waals surface area contributed by atoms with E-state index in [1.807, 2.05) is 11.5 Å². The van der Waals surface area contributed by atoms with Gasteiger partial charge in [0.15, 0.2) is 5.82 Å². The first-order valence-electron chi connectivity index (χ1n) is 8.49. The van der Waals surface area contributed by atoms with Gasteiger partial charge in [-0.25, -0.2) is 9.18 Å². The number of benzene rings is 1. The van der Waals surface area contributed by atoms with Crippen molar-refractivity contribution in [2.75, 3.05) is 0 Å². The van der Waals surface area contributed by atoms with Crippen LogP contribution >= 0.6 is 0 Å². The second kappa shape index (κ2) is 7.51. The van der Waals surface area contributed by atoms with Crippen molar-refractivity contribution in [2.24, 2.45) is 5.73 Å². The minimum absolute atomic E-state index is 0.0919. The predicted octanol–water partition coefficient (Wildman–Crippen LogP) is 1.41. The van der Waals surface area contributed by atoms with E-state index < -0.39 is 11.7 Å². The number of nitrogens with two attached hydrogens (primary N) is 1. The first-order valence-corrected chi connectivity index (χ1v) is 8.49. The van der Waals surface area contributed by atoms with Gasteiger partial charge in [0.05, 0.1) is 13.1 Å². The van der Waals surface area contributed by atoms with Crippen molar-refractivity contribution in [3.8, 4) is 0 Å². The van der Waals surface area contributed by atoms with Gasteiger partial charge in [-0.15, -0.1) is 10.2 Å². The Morgan fingerprint density at radius 3 is 2.81 bits per heavy atom. The number of halogens is 1. The molecule has 0 aliphatic heterocycles. The van der Waals surface area contributed by atoms with Crippen molar-refractivity contribution in [1.82, 2.24) is 25.0 Å². The molecule has 3 rings (SSSR count). The Morgan fingerprint density at radius 2 is 2.19 bits per heavy atom. The third kappa shape index (κ3) is 3.98. The van der Waals surface area contributed by atoms with Crippen LogP contribution in [0.2, 0.25) is 0 Å². The zero-order valence-electron chi connectivity index (χ0n) is 14.5. The lowest BCUT2D eigenvalue weighted by Crippen LogP contribution is -2.41. The second-order valence-electron chi connectivity index (χ2n) is 6.22. The molecule has 138 valence electrons. The second-order valence-corrected chi connectivity index (χ2v) is 6.22. The van der Waals surface area contributed by atoms with E-state index in [0.29, 0.717) is 17.9 Å². The first-order chi connectivity index (χ1) is 12.5. The fourth-order valence-electron chi connectivity index (χ4n) is 2.70. The lowest BCUT2D eigenvalue weighted by molar-refractivity contribution is 0.0999. The molecule has 0 spiro atoms. The number of primary amides is 1. The molecule has 0 radical (unpaired) electrons. The summed E-state index contributed by atoms with van der Waals surface area (Å²) in [6, 6.07) is 3.87. The third-order valence-corrected chi connectivity index (χ3v) is 4.36. The van der Waals surface area contributed by atoms with Gasteiger partial charge in [0.25, 0.3) is 0 Å². The normalized spacial score (nSPS) is 13.5. The van der Waals surface area contributed by atoms with Gasteiger partial charge >= 0.3 is 6.03 Å². The van der Waals surface area contributed by atoms with Gasteiger partial charge in [-0.3, -0.25) is 4.79 Å². The lowest BCUT2D eigenvalue weighted by Gasteiger charge is -2.23. The molecule has 0 bridgehead atoms. The van der Waals surface area contributed by atoms with Crippen molar-refractivity contribution in [2.45, 2.75) is 45.4 Å². The minimum atomic E-state index is -0.688. The van der Waals surface area contributed by atoms with E-state index in [2.05, 4.69) is 15.5 Å². The van der Waals surface area contributed by atoms with Crippen LogP contribution in [0, 0.1) is 5.82 Å². The van der Waals surface area contributed by atoms with Crippen LogP contribution in [0.3, 0.4) is 0 Å². The highest BCUT2D eigenvalue weighted by molar-refractivity contribution is 5.92. The number of rotatable bonds is 7. The molecule has 8 nitrogen and oxygen atoms in total. The Morgan fingerprint density at radius 1 is 1.42 bits per heavy atom. The van der Waals surface area contributed by atoms with Crippen molar-refractivity contribution < 1.29 is 14.0 Å². The fraction of sp³-hybridized carbons (Fsp3) is 0.412. The number of hydrogen-bond acceptors (Lipinski definition) is 4. The number of carbonyl (C=O) groups is 2. The maximum Gasteiger partial charge on any atom is 0.318 e. The maximum absolute atomic E-state index is 14.2. The summed E-state index contributed by atoms with van der Waals surface area (Å²) in [5, 5.41) is 10.6. The standard InChI is InChI=1S/C17H21FN6O2/c1-2-23-10-21-22-15(23)8-20-17(26)24(13-5-6-13)9-12-4-3-11(16(19)25)7-14(12)18/h3-4,7,10,13H,2,5-6,8-9H2,1H3,(H2,19,25)(H,20,26). The quantitative estimate of drug-likeness (QED) is 0.778. The van der Waals surface area contributed by atoms with Crippen LogP contribution in [0.5, 0.6) is 0 Å². The molecule has 0 unspecified atom stereocenters. The van der Waals surface area contributed by atoms with E-state index in [1.54, 1.807) is 11.2 Å². The van der Waals surface area contributed by atoms with E-state index in [9.17, 15) is 14.0 Å². The van der Waals surface area contributed by atoms with Gasteiger partial charge in [-0.1, -0.05) is 6.07 Å². The molecule has 1 heterocycles. The summed E-state index contributed by atoms with van der Waals surface area (Å²) in [6.07, 6.45) is 3.38. The van der Waals surface area contributed by atoms with E-state index in [1.165, 1.54) is 12.1 Å². The van der Waals surface area contributed by atoms with Crippen molar-refractivity contribution in [1.29, 1.82) is 0 Å². The third-order valence-electron chi connectivity index (χ3n) is 4.36. The van der Waals surface area contributed by atoms with E-state index >= 15 is 0 Å². The monoisotopic (exact) mass is 360 g/mol. The van der Waals surface area contributed by atoms with Crippen LogP contribution < -0.4 is 11.1 Å². The highest BCUT2D eigenvalue weighted by Crippen LogP contribution is 2.29. The van der Waals surface area contributed by atoms with Gasteiger partial charge in [0.1, 0.15) is 12.1 Å². The zero-order valence-corrected chi connectivity index (χ0v) is 14.5. The van der Waals surface area contributed by atoms with Crippen LogP contribution in [-0.2, 0) is 19.6 Å². The summed E-state index contributed by atoms with van der Waals surface area (Å²) in [6.45, 7) is 3.05. The van der Waals surface area contributed by atoms with E-state index in [4.69, 9.17) is 5.73 Å². The lowest BCUT2D eigenvalue weighted by atomic mass is 10.1. The molecule has 0 atom stereocenters. The molecular formula is C17H21FN6O2. The van der Waals surface area contributed by atoms with Crippen LogP contribution in [0.25, 0.3) is 0 Å². The fourth-order valence-corrected chi connectivity index (χ4v) is 2.70. The Bertz CT molecular complexity index is 817. The number of aryl methyl sites for hydroxylation is 1. The van der Waals surface area contributed by atoms with Crippen molar-refractivity contribution in [3.63, 3.8) is 0 Å². The molecule has 0 saturated heterocycles. The van der Waals surface area contributed by atoms with Crippen LogP contribution in [-0.4, -0.2) is 37.6 Å². The topological polar surface area (TPSA) is 106 Å². The molecule has 1 aromatic heterocycles. The molecule has 9 heteroatoms. The summed E-state index contributed by atoms with van der Waals surface area (Å²) < 4.78 is 16.1. The van der Waals surface area contributed by atoms with Crippen LogP contribution in [0.4, 0.5) is 9.18 Å². The number of amides is 3. The number of urea groups is 1. The molecule has 3 N–H and O–H groups in total. The van der Waals surface area contributed by atoms with Crippen molar-refractivity contribution >= 4 is 11.9 Å². The Hall–Kier alpha value is -2.97. The van der Waals surface area contributed by atoms with Gasteiger partial charge in [0, 0.05) is 23.7 Å². The molecule has 3 amide bonds. The van der Waals surface area contributed by atoms with Gasteiger partial charge in [-0.05, 0) is 31.9 Å². The minimum Gasteiger partial charge on any atom is -0.366 e. The molecule has 26 heavy (non-hydrogen) atoms. The molecule has 1 aliphatic carbocycles. The first kappa shape index (κ1) is 17.8. The largest absolute Gasteiger partial charge is 0.366 e. The van der Waals surface area contributed by atoms with E-state index in [0.717, 1.165) is 18.9 Å². The number of nitrogens with one attached hydrogen (secondary N) is 1. The molecule has 1 aromatic carbocycles. The van der Waals surface area contributed by atoms with Gasteiger partial charge in [0.2, 0.25) is 5.91 Å². The smallest absolute Gasteiger partial charge is 0.318 e. The average Bonchev–Trinajstić information content (AvgIpc) is 3.35. The zero-order chi connectivity index (χ0) is 18.7. The van der Waals surface area contributed by atoms with Crippen LogP contribution in [0.15, 0.2) is 24.5 Å². The summed E-state index contributed by atoms with van der Waals surface area (Å²) in [5.41, 5.74) is 5.60. The van der Waals surface area contributed by atoms with Crippen molar-refractivity contribution in [3.05, 3.63) is 47.3 Å². The molecule has 1 saturated carbocycles. The number of carbonyl (C=O) groups excluding carboxylic acids is 2. The number of hydrogen-bond donors (Lipinski definition) is 2. The SMILES string of the molecule is CCn1cnnc1CNC(=O)N(Cc1ccc(C(N)=O)cc1F)C1CC1. The summed E-state index contributed by atoms with van der Waals surface area (Å²) in [4.78, 5) is 25.3. The summed E-state index contributed by atoms with van der Waals surface area (Å²) in [5.74, 6) is -0.577. The molecule has 2 aromatic rings. The number of nitrogens with zero attached hydrogens (tertiary/aromatic N) is 4. The molecule has 1 fully saturated rings.